The van der Waals surface area contributed by atoms with Crippen LogP contribution in [-0.2, 0) is 4.65 Å². The smallest absolute Gasteiger partial charge is 0.351 e. The van der Waals surface area contributed by atoms with Gasteiger partial charge in [-0.25, -0.2) is 0 Å². The Hall–Kier alpha value is -2.43. The summed E-state index contributed by atoms with van der Waals surface area (Å²) in [5.74, 6) is 0. The van der Waals surface area contributed by atoms with Crippen LogP contribution in [0.4, 0.5) is 0 Å². The highest BCUT2D eigenvalue weighted by Gasteiger charge is 2.35. The number of rotatable bonds is 4. The molecular weight excluding hydrogens is 333 g/mol. The van der Waals surface area contributed by atoms with Gasteiger partial charge in [-0.15, -0.1) is 0 Å². The van der Waals surface area contributed by atoms with Gasteiger partial charge in [-0.05, 0) is 49.9 Å². The van der Waals surface area contributed by atoms with Crippen LogP contribution in [-0.4, -0.2) is 28.8 Å². The van der Waals surface area contributed by atoms with Crippen molar-refractivity contribution in [2.75, 3.05) is 0 Å². The van der Waals surface area contributed by atoms with Gasteiger partial charge in [-0.1, -0.05) is 54.6 Å². The summed E-state index contributed by atoms with van der Waals surface area (Å²) in [5, 5.41) is 16.1. The molecule has 1 radical (unpaired) electrons. The molecule has 0 atom stereocenters. The Morgan fingerprint density at radius 1 is 0.815 bits per heavy atom. The largest absolute Gasteiger partial charge is 0.425 e. The van der Waals surface area contributed by atoms with Gasteiger partial charge in [0.25, 0.3) is 0 Å². The summed E-state index contributed by atoms with van der Waals surface area (Å²) in [6.07, 6.45) is 0. The van der Waals surface area contributed by atoms with Crippen LogP contribution in [0.25, 0.3) is 32.4 Å². The molecule has 135 valence electrons. The number of hydrogen-bond donors (Lipinski definition) is 1. The second kappa shape index (κ2) is 6.33. The van der Waals surface area contributed by atoms with Crippen LogP contribution in [0.15, 0.2) is 60.7 Å². The minimum Gasteiger partial charge on any atom is -0.425 e. The Balaban J connectivity index is 1.83. The van der Waals surface area contributed by atoms with Crippen LogP contribution >= 0.6 is 0 Å². The van der Waals surface area contributed by atoms with E-state index in [1.54, 1.807) is 21.3 Å². The molecule has 3 aromatic carbocycles. The lowest BCUT2D eigenvalue weighted by Crippen LogP contribution is -2.49. The monoisotopic (exact) mass is 356 g/mol. The fourth-order valence-electron chi connectivity index (χ4n) is 3.11. The molecule has 4 heteroatoms. The summed E-state index contributed by atoms with van der Waals surface area (Å²) in [6, 6.07) is 20.9. The number of pyridine rings is 1. The van der Waals surface area contributed by atoms with Crippen LogP contribution in [0.5, 0.6) is 0 Å². The number of nitrogens with zero attached hydrogens (tertiary/aromatic N) is 1. The van der Waals surface area contributed by atoms with Crippen molar-refractivity contribution in [1.29, 1.82) is 0 Å². The maximum Gasteiger partial charge on any atom is 0.351 e. The van der Waals surface area contributed by atoms with Gasteiger partial charge in [0.05, 0.1) is 16.7 Å². The SMILES string of the molecule is CC(C)(O)C(C)(C)O[B]c1ccc2ccc3ccc4ccccc4c3c2n1. The Bertz CT molecular complexity index is 1140. The second-order valence-electron chi connectivity index (χ2n) is 8.06. The Morgan fingerprint density at radius 2 is 1.44 bits per heavy atom. The molecule has 0 saturated heterocycles. The lowest BCUT2D eigenvalue weighted by Gasteiger charge is -2.37. The molecule has 0 amide bonds. The number of fused-ring (bicyclic) bond motifs is 5. The van der Waals surface area contributed by atoms with Gasteiger partial charge in [0, 0.05) is 16.4 Å². The molecule has 0 aliphatic rings. The van der Waals surface area contributed by atoms with Crippen LogP contribution in [0.1, 0.15) is 27.7 Å². The van der Waals surface area contributed by atoms with E-state index in [4.69, 9.17) is 9.64 Å². The van der Waals surface area contributed by atoms with Crippen LogP contribution in [0.3, 0.4) is 0 Å². The molecule has 0 fully saturated rings. The van der Waals surface area contributed by atoms with E-state index in [0.717, 1.165) is 21.9 Å². The third-order valence-electron chi connectivity index (χ3n) is 5.54. The van der Waals surface area contributed by atoms with Crippen LogP contribution in [0, 0.1) is 0 Å². The zero-order chi connectivity index (χ0) is 19.2. The first-order valence-electron chi connectivity index (χ1n) is 9.21. The van der Waals surface area contributed by atoms with E-state index in [9.17, 15) is 5.11 Å². The lowest BCUT2D eigenvalue weighted by molar-refractivity contribution is -0.0893. The first-order valence-corrected chi connectivity index (χ1v) is 9.21. The van der Waals surface area contributed by atoms with Gasteiger partial charge < -0.3 is 9.76 Å². The molecule has 3 nitrogen and oxygen atoms in total. The standard InChI is InChI=1S/C23H23BNO2/c1-22(2,26)23(3,4)27-24-19-14-13-17-12-11-16-10-9-15-7-5-6-8-18(15)20(16)21(17)25-19/h5-14,26H,1-4H3. The number of hydrogen-bond acceptors (Lipinski definition) is 3. The van der Waals surface area contributed by atoms with E-state index in [0.29, 0.717) is 0 Å². The summed E-state index contributed by atoms with van der Waals surface area (Å²) in [4.78, 5) is 4.88. The quantitative estimate of drug-likeness (QED) is 0.437. The zero-order valence-electron chi connectivity index (χ0n) is 16.2. The van der Waals surface area contributed by atoms with Crippen molar-refractivity contribution >= 4 is 45.5 Å². The third kappa shape index (κ3) is 3.20. The van der Waals surface area contributed by atoms with Crippen molar-refractivity contribution in [3.8, 4) is 0 Å². The summed E-state index contributed by atoms with van der Waals surface area (Å²) in [6.45, 7) is 7.23. The normalized spacial score (nSPS) is 12.8. The van der Waals surface area contributed by atoms with Gasteiger partial charge in [0.2, 0.25) is 0 Å². The predicted molar refractivity (Wildman–Crippen MR) is 114 cm³/mol. The lowest BCUT2D eigenvalue weighted by atomic mass is 9.85. The van der Waals surface area contributed by atoms with Crippen molar-refractivity contribution in [3.05, 3.63) is 60.7 Å². The highest BCUT2D eigenvalue weighted by molar-refractivity contribution is 6.46. The number of aromatic nitrogens is 1. The first kappa shape index (κ1) is 18.0. The highest BCUT2D eigenvalue weighted by atomic mass is 16.5. The summed E-state index contributed by atoms with van der Waals surface area (Å²) >= 11 is 0. The van der Waals surface area contributed by atoms with E-state index >= 15 is 0 Å². The van der Waals surface area contributed by atoms with Crippen molar-refractivity contribution in [3.63, 3.8) is 0 Å². The van der Waals surface area contributed by atoms with Gasteiger partial charge in [-0.2, -0.15) is 0 Å². The molecule has 4 rings (SSSR count). The van der Waals surface area contributed by atoms with Gasteiger partial charge in [0.1, 0.15) is 0 Å². The van der Waals surface area contributed by atoms with Crippen LogP contribution in [0.2, 0.25) is 0 Å². The van der Waals surface area contributed by atoms with E-state index in [-0.39, 0.29) is 0 Å². The molecule has 1 aromatic heterocycles. The first-order chi connectivity index (χ1) is 12.8. The molecule has 0 unspecified atom stereocenters. The molecule has 0 bridgehead atoms. The van der Waals surface area contributed by atoms with Crippen molar-refractivity contribution in [2.45, 2.75) is 38.9 Å². The average molecular weight is 356 g/mol. The molecule has 0 aliphatic heterocycles. The van der Waals surface area contributed by atoms with E-state index < -0.39 is 11.2 Å². The summed E-state index contributed by atoms with van der Waals surface area (Å²) < 4.78 is 5.89. The third-order valence-corrected chi connectivity index (χ3v) is 5.54. The fraction of sp³-hybridized carbons (Fsp3) is 0.261. The Labute approximate surface area is 160 Å². The fourth-order valence-corrected chi connectivity index (χ4v) is 3.11. The summed E-state index contributed by atoms with van der Waals surface area (Å²) in [7, 11) is 1.64. The van der Waals surface area contributed by atoms with E-state index in [1.165, 1.54) is 16.2 Å². The van der Waals surface area contributed by atoms with E-state index in [1.807, 2.05) is 19.9 Å². The average Bonchev–Trinajstić information content (AvgIpc) is 2.64. The maximum atomic E-state index is 10.3. The molecule has 27 heavy (non-hydrogen) atoms. The molecule has 1 N–H and O–H groups in total. The minimum absolute atomic E-state index is 0.727. The van der Waals surface area contributed by atoms with Gasteiger partial charge in [-0.3, -0.25) is 4.98 Å². The Morgan fingerprint density at radius 3 is 2.19 bits per heavy atom. The molecule has 1 heterocycles. The number of benzene rings is 3. The Kier molecular flexibility index (Phi) is 4.21. The van der Waals surface area contributed by atoms with Crippen molar-refractivity contribution in [2.24, 2.45) is 0 Å². The molecule has 0 saturated carbocycles. The zero-order valence-corrected chi connectivity index (χ0v) is 16.2. The maximum absolute atomic E-state index is 10.3. The van der Waals surface area contributed by atoms with Gasteiger partial charge >= 0.3 is 7.48 Å². The topological polar surface area (TPSA) is 42.4 Å². The molecule has 0 aliphatic carbocycles. The van der Waals surface area contributed by atoms with Gasteiger partial charge in [0.15, 0.2) is 0 Å². The van der Waals surface area contributed by atoms with E-state index in [2.05, 4.69) is 54.6 Å². The summed E-state index contributed by atoms with van der Waals surface area (Å²) in [5.41, 5.74) is 0.00110. The molecular formula is C23H23BNO2. The highest BCUT2D eigenvalue weighted by Crippen LogP contribution is 2.30. The number of aliphatic hydroxyl groups is 1. The predicted octanol–water partition coefficient (Wildman–Crippen LogP) is 4.35. The van der Waals surface area contributed by atoms with Crippen LogP contribution < -0.4 is 5.59 Å². The second-order valence-corrected chi connectivity index (χ2v) is 8.06. The minimum atomic E-state index is -0.969. The molecule has 4 aromatic rings. The van der Waals surface area contributed by atoms with Crippen molar-refractivity contribution in [1.82, 2.24) is 4.98 Å². The van der Waals surface area contributed by atoms with Crippen molar-refractivity contribution < 1.29 is 9.76 Å². The molecule has 0 spiro atoms.